The maximum atomic E-state index is 12.1. The zero-order valence-electron chi connectivity index (χ0n) is 13.3. The lowest BCUT2D eigenvalue weighted by molar-refractivity contribution is 0.0906. The van der Waals surface area contributed by atoms with Gasteiger partial charge in [-0.25, -0.2) is 0 Å². The Morgan fingerprint density at radius 1 is 1.33 bits per heavy atom. The van der Waals surface area contributed by atoms with Gasteiger partial charge in [-0.1, -0.05) is 20.8 Å². The van der Waals surface area contributed by atoms with E-state index >= 15 is 0 Å². The minimum atomic E-state index is -0.117. The summed E-state index contributed by atoms with van der Waals surface area (Å²) < 4.78 is 5.48. The van der Waals surface area contributed by atoms with E-state index in [1.807, 2.05) is 6.07 Å². The topological polar surface area (TPSA) is 63.2 Å². The van der Waals surface area contributed by atoms with Gasteiger partial charge in [-0.2, -0.15) is 0 Å². The molecule has 0 saturated heterocycles. The summed E-state index contributed by atoms with van der Waals surface area (Å²) in [6, 6.07) is 1.82. The number of nitrogens with zero attached hydrogens (tertiary/aromatic N) is 1. The first-order chi connectivity index (χ1) is 10.1. The highest BCUT2D eigenvalue weighted by Gasteiger charge is 2.10. The number of hydrogen-bond donors (Lipinski definition) is 2. The lowest BCUT2D eigenvalue weighted by Crippen LogP contribution is -2.28. The molecule has 1 rings (SSSR count). The minimum absolute atomic E-state index is 0.117. The molecule has 0 spiro atoms. The van der Waals surface area contributed by atoms with Crippen molar-refractivity contribution in [3.05, 3.63) is 24.0 Å². The van der Waals surface area contributed by atoms with Gasteiger partial charge in [-0.3, -0.25) is 9.78 Å². The fourth-order valence-electron chi connectivity index (χ4n) is 1.74. The van der Waals surface area contributed by atoms with Crippen molar-refractivity contribution < 1.29 is 9.53 Å². The van der Waals surface area contributed by atoms with Crippen LogP contribution in [0.15, 0.2) is 18.5 Å². The maximum Gasteiger partial charge on any atom is 0.255 e. The first kappa shape index (κ1) is 17.4. The summed E-state index contributed by atoms with van der Waals surface area (Å²) in [5, 5.41) is 6.09. The summed E-state index contributed by atoms with van der Waals surface area (Å²) in [6.07, 6.45) is 5.32. The molecule has 0 aliphatic rings. The van der Waals surface area contributed by atoms with Crippen molar-refractivity contribution in [2.24, 2.45) is 5.92 Å². The van der Waals surface area contributed by atoms with Gasteiger partial charge in [0.1, 0.15) is 0 Å². The van der Waals surface area contributed by atoms with Crippen LogP contribution in [0.4, 0.5) is 5.69 Å². The average Bonchev–Trinajstić information content (AvgIpc) is 2.48. The molecule has 118 valence electrons. The number of rotatable bonds is 10. The van der Waals surface area contributed by atoms with Crippen molar-refractivity contribution in [1.29, 1.82) is 0 Å². The molecule has 2 N–H and O–H groups in total. The average molecular weight is 293 g/mol. The smallest absolute Gasteiger partial charge is 0.255 e. The van der Waals surface area contributed by atoms with Crippen LogP contribution in [-0.4, -0.2) is 37.2 Å². The van der Waals surface area contributed by atoms with Crippen LogP contribution < -0.4 is 10.6 Å². The molecule has 0 saturated carbocycles. The number of hydrogen-bond acceptors (Lipinski definition) is 4. The third kappa shape index (κ3) is 7.09. The van der Waals surface area contributed by atoms with Crippen molar-refractivity contribution in [3.63, 3.8) is 0 Å². The Kier molecular flexibility index (Phi) is 8.43. The fraction of sp³-hybridized carbons (Fsp3) is 0.625. The summed E-state index contributed by atoms with van der Waals surface area (Å²) >= 11 is 0. The van der Waals surface area contributed by atoms with E-state index in [0.29, 0.717) is 24.6 Å². The van der Waals surface area contributed by atoms with Gasteiger partial charge in [-0.05, 0) is 24.8 Å². The van der Waals surface area contributed by atoms with Crippen molar-refractivity contribution in [2.45, 2.75) is 33.6 Å². The van der Waals surface area contributed by atoms with Gasteiger partial charge in [0.15, 0.2) is 0 Å². The summed E-state index contributed by atoms with van der Waals surface area (Å²) in [6.45, 7) is 9.04. The zero-order valence-corrected chi connectivity index (χ0v) is 13.3. The number of anilines is 1. The Morgan fingerprint density at radius 2 is 2.14 bits per heavy atom. The molecule has 5 heteroatoms. The standard InChI is InChI=1S/C16H27N3O2/c1-4-7-18-15-5-8-17-12-14(15)16(20)19-9-11-21-10-6-13(2)3/h5,8,12-13H,4,6-7,9-11H2,1-3H3,(H,17,18)(H,19,20). The Hall–Kier alpha value is -1.62. The van der Waals surface area contributed by atoms with Crippen molar-refractivity contribution in [1.82, 2.24) is 10.3 Å². The number of nitrogens with one attached hydrogen (secondary N) is 2. The molecule has 21 heavy (non-hydrogen) atoms. The second kappa shape index (κ2) is 10.2. The minimum Gasteiger partial charge on any atom is -0.384 e. The molecule has 0 aliphatic heterocycles. The third-order valence-electron chi connectivity index (χ3n) is 3.00. The van der Waals surface area contributed by atoms with Crippen LogP contribution in [0.1, 0.15) is 44.0 Å². The van der Waals surface area contributed by atoms with Gasteiger partial charge < -0.3 is 15.4 Å². The molecule has 0 fully saturated rings. The first-order valence-corrected chi connectivity index (χ1v) is 7.69. The van der Waals surface area contributed by atoms with Crippen LogP contribution in [0.25, 0.3) is 0 Å². The van der Waals surface area contributed by atoms with Crippen molar-refractivity contribution in [2.75, 3.05) is 31.6 Å². The van der Waals surface area contributed by atoms with Gasteiger partial charge in [0, 0.05) is 32.1 Å². The van der Waals surface area contributed by atoms with E-state index in [1.165, 1.54) is 0 Å². The van der Waals surface area contributed by atoms with Gasteiger partial charge in [-0.15, -0.1) is 0 Å². The Morgan fingerprint density at radius 3 is 2.86 bits per heavy atom. The number of carbonyl (C=O) groups excluding carboxylic acids is 1. The molecular weight excluding hydrogens is 266 g/mol. The predicted molar refractivity (Wildman–Crippen MR) is 85.6 cm³/mol. The molecule has 0 aliphatic carbocycles. The molecule has 0 unspecified atom stereocenters. The molecule has 0 radical (unpaired) electrons. The van der Waals surface area contributed by atoms with Crippen LogP contribution in [0.5, 0.6) is 0 Å². The fourth-order valence-corrected chi connectivity index (χ4v) is 1.74. The second-order valence-corrected chi connectivity index (χ2v) is 5.40. The molecule has 1 amide bonds. The Labute approximate surface area is 127 Å². The van der Waals surface area contributed by atoms with E-state index in [4.69, 9.17) is 4.74 Å². The highest BCUT2D eigenvalue weighted by atomic mass is 16.5. The lowest BCUT2D eigenvalue weighted by Gasteiger charge is -2.11. The Balaban J connectivity index is 2.34. The third-order valence-corrected chi connectivity index (χ3v) is 3.00. The molecule has 0 bridgehead atoms. The quantitative estimate of drug-likeness (QED) is 0.651. The van der Waals surface area contributed by atoms with Crippen LogP contribution in [0, 0.1) is 5.92 Å². The summed E-state index contributed by atoms with van der Waals surface area (Å²) in [5.41, 5.74) is 1.40. The van der Waals surface area contributed by atoms with Gasteiger partial charge in [0.05, 0.1) is 17.9 Å². The van der Waals surface area contributed by atoms with E-state index in [1.54, 1.807) is 12.4 Å². The first-order valence-electron chi connectivity index (χ1n) is 7.69. The highest BCUT2D eigenvalue weighted by Crippen LogP contribution is 2.13. The second-order valence-electron chi connectivity index (χ2n) is 5.40. The Bertz CT molecular complexity index is 422. The zero-order chi connectivity index (χ0) is 15.5. The van der Waals surface area contributed by atoms with Gasteiger partial charge in [0.2, 0.25) is 0 Å². The highest BCUT2D eigenvalue weighted by molar-refractivity contribution is 5.99. The lowest BCUT2D eigenvalue weighted by atomic mass is 10.1. The maximum absolute atomic E-state index is 12.1. The van der Waals surface area contributed by atoms with E-state index in [2.05, 4.69) is 36.4 Å². The number of carbonyl (C=O) groups is 1. The van der Waals surface area contributed by atoms with Crippen LogP contribution in [0.3, 0.4) is 0 Å². The van der Waals surface area contributed by atoms with E-state index in [0.717, 1.165) is 31.7 Å². The molecule has 5 nitrogen and oxygen atoms in total. The van der Waals surface area contributed by atoms with Gasteiger partial charge in [0.25, 0.3) is 5.91 Å². The van der Waals surface area contributed by atoms with E-state index in [9.17, 15) is 4.79 Å². The molecule has 0 atom stereocenters. The number of amides is 1. The normalized spacial score (nSPS) is 10.7. The number of pyridine rings is 1. The van der Waals surface area contributed by atoms with Crippen LogP contribution in [0.2, 0.25) is 0 Å². The molecule has 1 heterocycles. The molecule has 1 aromatic rings. The van der Waals surface area contributed by atoms with Crippen molar-refractivity contribution in [3.8, 4) is 0 Å². The van der Waals surface area contributed by atoms with E-state index < -0.39 is 0 Å². The SMILES string of the molecule is CCCNc1ccncc1C(=O)NCCOCCC(C)C. The van der Waals surface area contributed by atoms with Gasteiger partial charge >= 0.3 is 0 Å². The molecule has 1 aromatic heterocycles. The monoisotopic (exact) mass is 293 g/mol. The van der Waals surface area contributed by atoms with E-state index in [-0.39, 0.29) is 5.91 Å². The largest absolute Gasteiger partial charge is 0.384 e. The summed E-state index contributed by atoms with van der Waals surface area (Å²) in [4.78, 5) is 16.1. The molecule has 0 aromatic carbocycles. The summed E-state index contributed by atoms with van der Waals surface area (Å²) in [7, 11) is 0. The number of aromatic nitrogens is 1. The molecular formula is C16H27N3O2. The predicted octanol–water partition coefficient (Wildman–Crippen LogP) is 2.70. The van der Waals surface area contributed by atoms with Crippen LogP contribution in [-0.2, 0) is 4.74 Å². The van der Waals surface area contributed by atoms with Crippen molar-refractivity contribution >= 4 is 11.6 Å². The number of ether oxygens (including phenoxy) is 1. The van der Waals surface area contributed by atoms with Crippen LogP contribution >= 0.6 is 0 Å². The summed E-state index contributed by atoms with van der Waals surface area (Å²) in [5.74, 6) is 0.524.